The van der Waals surface area contributed by atoms with E-state index in [-0.39, 0.29) is 29.8 Å². The van der Waals surface area contributed by atoms with E-state index in [2.05, 4.69) is 20.6 Å². The molecule has 0 bridgehead atoms. The van der Waals surface area contributed by atoms with Crippen LogP contribution in [0, 0.1) is 0 Å². The van der Waals surface area contributed by atoms with Crippen molar-refractivity contribution < 1.29 is 32.2 Å². The number of nitrogens with one attached hydrogen (secondary N) is 2. The zero-order valence-electron chi connectivity index (χ0n) is 21.3. The average molecular weight is 557 g/mol. The molecule has 5 rings (SSSR count). The van der Waals surface area contributed by atoms with E-state index in [0.29, 0.717) is 61.9 Å². The minimum Gasteiger partial charge on any atom is -0.457 e. The Balaban J connectivity index is 1.38. The number of amides is 2. The van der Waals surface area contributed by atoms with Gasteiger partial charge >= 0.3 is 6.18 Å². The minimum absolute atomic E-state index is 0.0243. The number of alkyl halides is 3. The molecular formula is C27H27F3N6O4. The number of primary amides is 1. The molecule has 2 saturated heterocycles. The zero-order chi connectivity index (χ0) is 28.3. The predicted molar refractivity (Wildman–Crippen MR) is 139 cm³/mol. The van der Waals surface area contributed by atoms with Crippen LogP contribution in [0.2, 0.25) is 0 Å². The van der Waals surface area contributed by atoms with E-state index in [9.17, 15) is 22.8 Å². The molecule has 13 heteroatoms. The van der Waals surface area contributed by atoms with Crippen molar-refractivity contribution in [2.45, 2.75) is 25.2 Å². The molecule has 0 saturated carbocycles. The van der Waals surface area contributed by atoms with Crippen molar-refractivity contribution in [3.05, 3.63) is 65.4 Å². The molecule has 1 aromatic heterocycles. The molecule has 2 fully saturated rings. The number of hydrogen-bond acceptors (Lipinski definition) is 8. The fraction of sp³-hybridized carbons (Fsp3) is 0.333. The van der Waals surface area contributed by atoms with Gasteiger partial charge in [-0.2, -0.15) is 13.2 Å². The molecule has 1 atom stereocenters. The number of carbonyl (C=O) groups excluding carboxylic acids is 2. The third kappa shape index (κ3) is 6.49. The van der Waals surface area contributed by atoms with Crippen molar-refractivity contribution in [1.29, 1.82) is 0 Å². The van der Waals surface area contributed by atoms with Gasteiger partial charge in [-0.3, -0.25) is 14.5 Å². The number of benzene rings is 2. The normalized spacial score (nSPS) is 17.9. The monoisotopic (exact) mass is 556 g/mol. The van der Waals surface area contributed by atoms with Gasteiger partial charge in [-0.25, -0.2) is 9.97 Å². The summed E-state index contributed by atoms with van der Waals surface area (Å²) >= 11 is 0. The third-order valence-corrected chi connectivity index (χ3v) is 6.58. The summed E-state index contributed by atoms with van der Waals surface area (Å²) < 4.78 is 51.6. The topological polar surface area (TPSA) is 132 Å². The largest absolute Gasteiger partial charge is 0.457 e. The summed E-state index contributed by atoms with van der Waals surface area (Å²) in [4.78, 5) is 34.5. The zero-order valence-corrected chi connectivity index (χ0v) is 21.3. The smallest absolute Gasteiger partial charge is 0.416 e. The molecule has 2 aromatic carbocycles. The number of nitrogens with zero attached hydrogens (tertiary/aromatic N) is 3. The number of carbonyl (C=O) groups is 2. The SMILES string of the molecule is NC(=O)c1cc(NC2CCNC2=O)nc(-c2ccc(Oc3ccc(C(F)(F)F)cc3CN3CCOCC3)cc2)n1. The summed E-state index contributed by atoms with van der Waals surface area (Å²) in [6.07, 6.45) is -3.91. The fourth-order valence-electron chi connectivity index (χ4n) is 4.46. The predicted octanol–water partition coefficient (Wildman–Crippen LogP) is 3.19. The first-order valence-electron chi connectivity index (χ1n) is 12.7. The third-order valence-electron chi connectivity index (χ3n) is 6.58. The van der Waals surface area contributed by atoms with Crippen LogP contribution in [-0.2, 0) is 22.3 Å². The van der Waals surface area contributed by atoms with Crippen molar-refractivity contribution in [1.82, 2.24) is 20.2 Å². The van der Waals surface area contributed by atoms with Gasteiger partial charge in [0.2, 0.25) is 5.91 Å². The minimum atomic E-state index is -4.48. The van der Waals surface area contributed by atoms with Crippen LogP contribution in [0.1, 0.15) is 28.0 Å². The van der Waals surface area contributed by atoms with Crippen molar-refractivity contribution in [3.63, 3.8) is 0 Å². The van der Waals surface area contributed by atoms with E-state index in [1.54, 1.807) is 24.3 Å². The summed E-state index contributed by atoms with van der Waals surface area (Å²) in [6.45, 7) is 3.06. The first-order chi connectivity index (χ1) is 19.2. The van der Waals surface area contributed by atoms with Crippen LogP contribution in [0.4, 0.5) is 19.0 Å². The van der Waals surface area contributed by atoms with E-state index in [1.807, 2.05) is 4.90 Å². The van der Waals surface area contributed by atoms with Crippen molar-refractivity contribution in [2.24, 2.45) is 5.73 Å². The number of aromatic nitrogens is 2. The molecule has 2 aliphatic rings. The quantitative estimate of drug-likeness (QED) is 0.386. The van der Waals surface area contributed by atoms with Gasteiger partial charge in [0, 0.05) is 43.4 Å². The van der Waals surface area contributed by atoms with Gasteiger partial charge in [-0.1, -0.05) is 0 Å². The lowest BCUT2D eigenvalue weighted by Gasteiger charge is -2.27. The summed E-state index contributed by atoms with van der Waals surface area (Å²) in [7, 11) is 0. The molecule has 0 aliphatic carbocycles. The highest BCUT2D eigenvalue weighted by atomic mass is 19.4. The van der Waals surface area contributed by atoms with Gasteiger partial charge in [-0.05, 0) is 48.9 Å². The molecule has 2 aliphatic heterocycles. The average Bonchev–Trinajstić information content (AvgIpc) is 3.33. The van der Waals surface area contributed by atoms with Crippen LogP contribution < -0.4 is 21.1 Å². The Morgan fingerprint density at radius 3 is 2.52 bits per heavy atom. The molecule has 210 valence electrons. The second-order valence-corrected chi connectivity index (χ2v) is 9.44. The van der Waals surface area contributed by atoms with Crippen molar-refractivity contribution in [3.8, 4) is 22.9 Å². The lowest BCUT2D eigenvalue weighted by Crippen LogP contribution is -2.35. The lowest BCUT2D eigenvalue weighted by atomic mass is 10.1. The van der Waals surface area contributed by atoms with E-state index >= 15 is 0 Å². The van der Waals surface area contributed by atoms with Gasteiger partial charge in [0.05, 0.1) is 18.8 Å². The van der Waals surface area contributed by atoms with Crippen molar-refractivity contribution in [2.75, 3.05) is 38.2 Å². The Hall–Kier alpha value is -4.23. The number of nitrogens with two attached hydrogens (primary N) is 1. The maximum Gasteiger partial charge on any atom is 0.416 e. The lowest BCUT2D eigenvalue weighted by molar-refractivity contribution is -0.137. The van der Waals surface area contributed by atoms with Gasteiger partial charge in [0.25, 0.3) is 5.91 Å². The second-order valence-electron chi connectivity index (χ2n) is 9.44. The number of ether oxygens (including phenoxy) is 2. The van der Waals surface area contributed by atoms with Crippen LogP contribution in [0.3, 0.4) is 0 Å². The van der Waals surface area contributed by atoms with Crippen LogP contribution in [0.15, 0.2) is 48.5 Å². The Morgan fingerprint density at radius 1 is 1.12 bits per heavy atom. The second kappa shape index (κ2) is 11.5. The molecule has 3 aromatic rings. The van der Waals surface area contributed by atoms with Gasteiger partial charge < -0.3 is 25.8 Å². The molecule has 2 amide bonds. The molecule has 3 heterocycles. The Kier molecular flexibility index (Phi) is 7.85. The Labute approximate surface area is 227 Å². The van der Waals surface area contributed by atoms with Gasteiger partial charge in [-0.15, -0.1) is 0 Å². The van der Waals surface area contributed by atoms with Crippen LogP contribution in [0.25, 0.3) is 11.4 Å². The van der Waals surface area contributed by atoms with Crippen LogP contribution in [0.5, 0.6) is 11.5 Å². The molecule has 40 heavy (non-hydrogen) atoms. The molecule has 0 spiro atoms. The fourth-order valence-corrected chi connectivity index (χ4v) is 4.46. The number of rotatable bonds is 8. The van der Waals surface area contributed by atoms with Crippen LogP contribution >= 0.6 is 0 Å². The van der Waals surface area contributed by atoms with E-state index in [1.165, 1.54) is 12.1 Å². The van der Waals surface area contributed by atoms with E-state index in [0.717, 1.165) is 12.1 Å². The summed E-state index contributed by atoms with van der Waals surface area (Å²) in [5.41, 5.74) is 5.63. The Bertz CT molecular complexity index is 1390. The first-order valence-corrected chi connectivity index (χ1v) is 12.7. The molecule has 0 radical (unpaired) electrons. The summed E-state index contributed by atoms with van der Waals surface area (Å²) in [6, 6.07) is 10.9. The van der Waals surface area contributed by atoms with Crippen LogP contribution in [-0.4, -0.2) is 65.6 Å². The standard InChI is InChI=1S/C27H27F3N6O4/c28-27(29,30)18-3-6-22(17(13-18)15-36-9-11-39-12-10-36)40-19-4-1-16(2-5-19)25-34-21(24(31)37)14-23(35-25)33-20-7-8-32-26(20)38/h1-6,13-14,20H,7-12,15H2,(H2,31,37)(H,32,38)(H,33,34,35). The highest BCUT2D eigenvalue weighted by Crippen LogP contribution is 2.35. The van der Waals surface area contributed by atoms with Gasteiger partial charge in [0.15, 0.2) is 5.82 Å². The number of halogens is 3. The number of hydrogen-bond donors (Lipinski definition) is 3. The Morgan fingerprint density at radius 2 is 1.88 bits per heavy atom. The first kappa shape index (κ1) is 27.3. The maximum atomic E-state index is 13.4. The number of anilines is 1. The molecular weight excluding hydrogens is 529 g/mol. The highest BCUT2D eigenvalue weighted by molar-refractivity contribution is 5.92. The summed E-state index contributed by atoms with van der Waals surface area (Å²) in [5.74, 6) is 0.250. The molecule has 1 unspecified atom stereocenters. The van der Waals surface area contributed by atoms with Crippen molar-refractivity contribution >= 4 is 17.6 Å². The van der Waals surface area contributed by atoms with E-state index in [4.69, 9.17) is 15.2 Å². The maximum absolute atomic E-state index is 13.4. The molecule has 4 N–H and O–H groups in total. The highest BCUT2D eigenvalue weighted by Gasteiger charge is 2.31. The van der Waals surface area contributed by atoms with E-state index < -0.39 is 23.7 Å². The summed E-state index contributed by atoms with van der Waals surface area (Å²) in [5, 5.41) is 5.73. The van der Waals surface area contributed by atoms with Gasteiger partial charge in [0.1, 0.15) is 29.1 Å². The number of morpholine rings is 1. The molecule has 10 nitrogen and oxygen atoms in total.